The van der Waals surface area contributed by atoms with E-state index in [1.54, 1.807) is 45.0 Å². The summed E-state index contributed by atoms with van der Waals surface area (Å²) in [4.78, 5) is 25.4. The van der Waals surface area contributed by atoms with Gasteiger partial charge in [-0.2, -0.15) is 5.10 Å². The minimum Gasteiger partial charge on any atom is -0.465 e. The molecule has 0 saturated carbocycles. The third kappa shape index (κ3) is 2.81. The Kier molecular flexibility index (Phi) is 3.59. The van der Waals surface area contributed by atoms with E-state index >= 15 is 0 Å². The molecule has 2 aromatic rings. The van der Waals surface area contributed by atoms with Crippen molar-refractivity contribution in [2.24, 2.45) is 0 Å². The average Bonchev–Trinajstić information content (AvgIpc) is 2.39. The number of amides is 1. The van der Waals surface area contributed by atoms with Crippen LogP contribution >= 0.6 is 0 Å². The van der Waals surface area contributed by atoms with Crippen LogP contribution in [-0.2, 0) is 6.54 Å². The number of carboxylic acid groups (broad SMARTS) is 1. The van der Waals surface area contributed by atoms with Crippen LogP contribution in [0.4, 0.5) is 4.79 Å². The molecule has 21 heavy (non-hydrogen) atoms. The summed E-state index contributed by atoms with van der Waals surface area (Å²) < 4.78 is 0. The Labute approximate surface area is 121 Å². The van der Waals surface area contributed by atoms with E-state index in [1.807, 2.05) is 0 Å². The smallest absolute Gasteiger partial charge is 0.408 e. The van der Waals surface area contributed by atoms with Crippen LogP contribution in [0.2, 0.25) is 0 Å². The van der Waals surface area contributed by atoms with Gasteiger partial charge in [0.1, 0.15) is 0 Å². The van der Waals surface area contributed by atoms with Crippen LogP contribution in [-0.4, -0.2) is 31.5 Å². The number of carbonyl (C=O) groups is 1. The molecule has 0 bridgehead atoms. The van der Waals surface area contributed by atoms with Crippen molar-refractivity contribution < 1.29 is 9.90 Å². The Hall–Kier alpha value is -2.57. The summed E-state index contributed by atoms with van der Waals surface area (Å²) in [5.41, 5.74) is -0.554. The minimum atomic E-state index is -1.05. The van der Waals surface area contributed by atoms with E-state index in [0.717, 1.165) is 4.79 Å². The molecule has 0 atom stereocenters. The predicted octanol–water partition coefficient (Wildman–Crippen LogP) is 1.39. The van der Waals surface area contributed by atoms with Gasteiger partial charge < -0.3 is 10.9 Å². The fourth-order valence-electron chi connectivity index (χ4n) is 2.13. The zero-order valence-corrected chi connectivity index (χ0v) is 12.2. The first-order valence-corrected chi connectivity index (χ1v) is 6.48. The molecule has 1 aromatic carbocycles. The van der Waals surface area contributed by atoms with Gasteiger partial charge in [0.15, 0.2) is 0 Å². The highest BCUT2D eigenvalue weighted by Crippen LogP contribution is 2.20. The second-order valence-electron chi connectivity index (χ2n) is 5.78. The molecule has 0 unspecified atom stereocenters. The predicted molar refractivity (Wildman–Crippen MR) is 79.5 cm³/mol. The molecule has 0 spiro atoms. The Balaban J connectivity index is 2.60. The fraction of sp³-hybridized carbons (Fsp3) is 0.357. The van der Waals surface area contributed by atoms with Crippen molar-refractivity contribution in [2.45, 2.75) is 32.9 Å². The van der Waals surface area contributed by atoms with Gasteiger partial charge in [0.05, 0.1) is 17.6 Å². The Morgan fingerprint density at radius 1 is 1.33 bits per heavy atom. The van der Waals surface area contributed by atoms with Crippen molar-refractivity contribution >= 4 is 16.9 Å². The fourth-order valence-corrected chi connectivity index (χ4v) is 2.13. The molecule has 1 aromatic heterocycles. The van der Waals surface area contributed by atoms with Gasteiger partial charge in [-0.25, -0.2) is 4.79 Å². The third-order valence-corrected chi connectivity index (χ3v) is 3.25. The highest BCUT2D eigenvalue weighted by Gasteiger charge is 2.27. The summed E-state index contributed by atoms with van der Waals surface area (Å²) in [6.07, 6.45) is -1.05. The van der Waals surface area contributed by atoms with Gasteiger partial charge in [0.2, 0.25) is 0 Å². The van der Waals surface area contributed by atoms with Gasteiger partial charge >= 0.3 is 6.09 Å². The molecule has 112 valence electrons. The molecule has 1 heterocycles. The highest BCUT2D eigenvalue weighted by atomic mass is 16.4. The van der Waals surface area contributed by atoms with Crippen molar-refractivity contribution in [1.29, 1.82) is 0 Å². The van der Waals surface area contributed by atoms with E-state index in [4.69, 9.17) is 5.84 Å². The zero-order chi connectivity index (χ0) is 15.8. The maximum atomic E-state index is 11.9. The van der Waals surface area contributed by atoms with Gasteiger partial charge in [-0.1, -0.05) is 18.2 Å². The maximum absolute atomic E-state index is 11.9. The number of nitrogens with two attached hydrogens (primary N) is 1. The molecule has 0 aliphatic carbocycles. The third-order valence-electron chi connectivity index (χ3n) is 3.25. The van der Waals surface area contributed by atoms with Gasteiger partial charge in [0, 0.05) is 10.9 Å². The van der Waals surface area contributed by atoms with Crippen molar-refractivity contribution in [3.05, 3.63) is 40.3 Å². The average molecular weight is 290 g/mol. The van der Waals surface area contributed by atoms with Gasteiger partial charge in [-0.15, -0.1) is 4.79 Å². The number of benzene rings is 1. The summed E-state index contributed by atoms with van der Waals surface area (Å²) in [5, 5.41) is 14.4. The number of aromatic nitrogens is 2. The van der Waals surface area contributed by atoms with Crippen molar-refractivity contribution in [2.75, 3.05) is 5.84 Å². The SMILES string of the molecule is CC(C)(C)N(Cc1nn(N)c(=O)c2ccccc12)C(=O)O. The molecular formula is C14H18N4O3. The molecule has 0 radical (unpaired) electrons. The van der Waals surface area contributed by atoms with E-state index in [9.17, 15) is 14.7 Å². The summed E-state index contributed by atoms with van der Waals surface area (Å²) in [6.45, 7) is 5.43. The van der Waals surface area contributed by atoms with Crippen molar-refractivity contribution in [3.8, 4) is 0 Å². The largest absolute Gasteiger partial charge is 0.465 e. The lowest BCUT2D eigenvalue weighted by molar-refractivity contribution is 0.0947. The lowest BCUT2D eigenvalue weighted by Crippen LogP contribution is -2.45. The van der Waals surface area contributed by atoms with Crippen LogP contribution < -0.4 is 11.4 Å². The number of hydrogen-bond donors (Lipinski definition) is 2. The van der Waals surface area contributed by atoms with E-state index in [0.29, 0.717) is 16.5 Å². The normalized spacial score (nSPS) is 11.6. The second kappa shape index (κ2) is 5.08. The standard InChI is InChI=1S/C14H18N4O3/c1-14(2,3)17(13(20)21)8-11-9-6-4-5-7-10(9)12(19)18(15)16-11/h4-7H,8,15H2,1-3H3,(H,20,21). The molecule has 2 rings (SSSR count). The molecule has 0 aliphatic heterocycles. The summed E-state index contributed by atoms with van der Waals surface area (Å²) in [6, 6.07) is 6.89. The van der Waals surface area contributed by atoms with Crippen LogP contribution in [0.3, 0.4) is 0 Å². The molecule has 1 amide bonds. The number of nitrogens with zero attached hydrogens (tertiary/aromatic N) is 3. The molecule has 3 N–H and O–H groups in total. The second-order valence-corrected chi connectivity index (χ2v) is 5.78. The quantitative estimate of drug-likeness (QED) is 0.814. The lowest BCUT2D eigenvalue weighted by atomic mass is 10.1. The summed E-state index contributed by atoms with van der Waals surface area (Å²) in [7, 11) is 0. The number of nitrogen functional groups attached to an aromatic ring is 1. The molecule has 7 nitrogen and oxygen atoms in total. The molecule has 0 fully saturated rings. The zero-order valence-electron chi connectivity index (χ0n) is 12.2. The van der Waals surface area contributed by atoms with E-state index in [1.165, 1.54) is 4.90 Å². The molecule has 0 aliphatic rings. The molecule has 7 heteroatoms. The topological polar surface area (TPSA) is 101 Å². The first kappa shape index (κ1) is 14.8. The summed E-state index contributed by atoms with van der Waals surface area (Å²) in [5.74, 6) is 5.57. The Morgan fingerprint density at radius 3 is 2.43 bits per heavy atom. The Morgan fingerprint density at radius 2 is 1.90 bits per heavy atom. The van der Waals surface area contributed by atoms with E-state index < -0.39 is 17.2 Å². The van der Waals surface area contributed by atoms with Gasteiger partial charge in [-0.05, 0) is 26.8 Å². The van der Waals surface area contributed by atoms with Crippen LogP contribution in [0.1, 0.15) is 26.5 Å². The maximum Gasteiger partial charge on any atom is 0.408 e. The number of hydrogen-bond acceptors (Lipinski definition) is 4. The first-order chi connectivity index (χ1) is 9.71. The van der Waals surface area contributed by atoms with Crippen LogP contribution in [0.25, 0.3) is 10.8 Å². The first-order valence-electron chi connectivity index (χ1n) is 6.48. The van der Waals surface area contributed by atoms with Crippen molar-refractivity contribution in [1.82, 2.24) is 14.8 Å². The van der Waals surface area contributed by atoms with E-state index in [2.05, 4.69) is 5.10 Å². The Bertz CT molecular complexity index is 746. The lowest BCUT2D eigenvalue weighted by Gasteiger charge is -2.33. The summed E-state index contributed by atoms with van der Waals surface area (Å²) >= 11 is 0. The van der Waals surface area contributed by atoms with Crippen LogP contribution in [0, 0.1) is 0 Å². The van der Waals surface area contributed by atoms with Gasteiger partial charge in [-0.3, -0.25) is 9.69 Å². The van der Waals surface area contributed by atoms with Crippen LogP contribution in [0.15, 0.2) is 29.1 Å². The molecular weight excluding hydrogens is 272 g/mol. The van der Waals surface area contributed by atoms with Crippen molar-refractivity contribution in [3.63, 3.8) is 0 Å². The van der Waals surface area contributed by atoms with Gasteiger partial charge in [0.25, 0.3) is 5.56 Å². The minimum absolute atomic E-state index is 0.0524. The number of fused-ring (bicyclic) bond motifs is 1. The van der Waals surface area contributed by atoms with Crippen LogP contribution in [0.5, 0.6) is 0 Å². The van der Waals surface area contributed by atoms with E-state index in [-0.39, 0.29) is 6.54 Å². The highest BCUT2D eigenvalue weighted by molar-refractivity contribution is 5.83. The number of rotatable bonds is 2. The monoisotopic (exact) mass is 290 g/mol. The molecule has 0 saturated heterocycles.